The van der Waals surface area contributed by atoms with Gasteiger partial charge in [-0.1, -0.05) is 88.8 Å². The first-order valence-electron chi connectivity index (χ1n) is 12.4. The van der Waals surface area contributed by atoms with Gasteiger partial charge in [0.25, 0.3) is 0 Å². The molecule has 2 heteroatoms. The largest absolute Gasteiger partial charge is 0.494 e. The summed E-state index contributed by atoms with van der Waals surface area (Å²) in [4.78, 5) is 0. The van der Waals surface area contributed by atoms with Crippen molar-refractivity contribution in [3.63, 3.8) is 0 Å². The Balaban J connectivity index is 1.52. The molecular formula is C29H39NO. The summed E-state index contributed by atoms with van der Waals surface area (Å²) in [6, 6.07) is 20.0. The fourth-order valence-corrected chi connectivity index (χ4v) is 4.93. The van der Waals surface area contributed by atoms with E-state index in [4.69, 9.17) is 4.74 Å². The second kappa shape index (κ2) is 11.9. The van der Waals surface area contributed by atoms with E-state index >= 15 is 0 Å². The number of rotatable bonds is 11. The monoisotopic (exact) mass is 417 g/mol. The molecule has 1 fully saturated rings. The molecule has 1 aliphatic carbocycles. The van der Waals surface area contributed by atoms with Crippen molar-refractivity contribution in [1.29, 1.82) is 5.26 Å². The van der Waals surface area contributed by atoms with E-state index in [1.54, 1.807) is 0 Å². The van der Waals surface area contributed by atoms with Gasteiger partial charge in [0, 0.05) is 0 Å². The van der Waals surface area contributed by atoms with Crippen LogP contribution < -0.4 is 4.74 Å². The third-order valence-corrected chi connectivity index (χ3v) is 7.06. The second-order valence-electron chi connectivity index (χ2n) is 9.39. The molecule has 0 aliphatic heterocycles. The molecule has 0 aromatic heterocycles. The van der Waals surface area contributed by atoms with Crippen LogP contribution in [0.5, 0.6) is 5.75 Å². The van der Waals surface area contributed by atoms with Gasteiger partial charge in [-0.2, -0.15) is 5.26 Å². The van der Waals surface area contributed by atoms with E-state index in [0.717, 1.165) is 50.4 Å². The van der Waals surface area contributed by atoms with Crippen LogP contribution in [0.2, 0.25) is 0 Å². The summed E-state index contributed by atoms with van der Waals surface area (Å²) in [6.45, 7) is 5.30. The molecular weight excluding hydrogens is 378 g/mol. The molecule has 2 unspecified atom stereocenters. The van der Waals surface area contributed by atoms with E-state index in [1.807, 2.05) is 0 Å². The molecule has 31 heavy (non-hydrogen) atoms. The van der Waals surface area contributed by atoms with Crippen molar-refractivity contribution in [3.8, 4) is 22.9 Å². The lowest BCUT2D eigenvalue weighted by Gasteiger charge is -2.35. The van der Waals surface area contributed by atoms with Crippen LogP contribution in [-0.2, 0) is 6.42 Å². The highest BCUT2D eigenvalue weighted by Crippen LogP contribution is 2.43. The predicted molar refractivity (Wildman–Crippen MR) is 130 cm³/mol. The number of unbranched alkanes of at least 4 members (excludes halogenated alkanes) is 3. The van der Waals surface area contributed by atoms with Gasteiger partial charge in [-0.05, 0) is 66.8 Å². The Morgan fingerprint density at radius 2 is 1.68 bits per heavy atom. The molecule has 0 heterocycles. The number of ether oxygens (including phenoxy) is 1. The number of hydrogen-bond donors (Lipinski definition) is 0. The summed E-state index contributed by atoms with van der Waals surface area (Å²) in [5, 5.41) is 9.88. The Morgan fingerprint density at radius 3 is 2.32 bits per heavy atom. The van der Waals surface area contributed by atoms with Crippen LogP contribution in [0.3, 0.4) is 0 Å². The number of hydrogen-bond acceptors (Lipinski definition) is 2. The van der Waals surface area contributed by atoms with E-state index in [0.29, 0.717) is 0 Å². The van der Waals surface area contributed by atoms with Gasteiger partial charge in [-0.3, -0.25) is 0 Å². The minimum Gasteiger partial charge on any atom is -0.494 e. The van der Waals surface area contributed by atoms with Crippen molar-refractivity contribution in [1.82, 2.24) is 0 Å². The first kappa shape index (κ1) is 23.4. The van der Waals surface area contributed by atoms with E-state index in [-0.39, 0.29) is 5.41 Å². The predicted octanol–water partition coefficient (Wildman–Crippen LogP) is 8.36. The number of benzene rings is 2. The maximum atomic E-state index is 9.88. The zero-order valence-corrected chi connectivity index (χ0v) is 19.5. The molecule has 1 saturated carbocycles. The number of aryl methyl sites for hydroxylation is 1. The molecule has 1 aliphatic rings. The Hall–Kier alpha value is -2.27. The molecule has 166 valence electrons. The van der Waals surface area contributed by atoms with Crippen LogP contribution in [0.1, 0.15) is 83.6 Å². The quantitative estimate of drug-likeness (QED) is 0.344. The molecule has 0 radical (unpaired) electrons. The van der Waals surface area contributed by atoms with Crippen molar-refractivity contribution >= 4 is 0 Å². The average molecular weight is 418 g/mol. The highest BCUT2D eigenvalue weighted by atomic mass is 16.5. The van der Waals surface area contributed by atoms with Crippen LogP contribution in [0, 0.1) is 22.7 Å². The Bertz CT molecular complexity index is 817. The normalized spacial score (nSPS) is 20.9. The third kappa shape index (κ3) is 6.86. The maximum absolute atomic E-state index is 9.88. The number of nitrogens with zero attached hydrogens (tertiary/aromatic N) is 1. The van der Waals surface area contributed by atoms with Gasteiger partial charge < -0.3 is 4.74 Å². The van der Waals surface area contributed by atoms with Crippen molar-refractivity contribution in [2.45, 2.75) is 84.5 Å². The summed E-state index contributed by atoms with van der Waals surface area (Å²) in [6.07, 6.45) is 12.8. The topological polar surface area (TPSA) is 33.0 Å². The van der Waals surface area contributed by atoms with Crippen LogP contribution in [0.25, 0.3) is 11.1 Å². The van der Waals surface area contributed by atoms with Gasteiger partial charge in [-0.25, -0.2) is 0 Å². The molecule has 2 nitrogen and oxygen atoms in total. The summed E-state index contributed by atoms with van der Waals surface area (Å²) >= 11 is 0. The summed E-state index contributed by atoms with van der Waals surface area (Å²) < 4.78 is 5.86. The zero-order chi connectivity index (χ0) is 21.9. The molecule has 2 atom stereocenters. The summed E-state index contributed by atoms with van der Waals surface area (Å²) in [5.74, 6) is 1.69. The summed E-state index contributed by atoms with van der Waals surface area (Å²) in [7, 11) is 0. The first-order valence-corrected chi connectivity index (χ1v) is 12.4. The van der Waals surface area contributed by atoms with Gasteiger partial charge in [0.1, 0.15) is 5.75 Å². The smallest absolute Gasteiger partial charge is 0.119 e. The fourth-order valence-electron chi connectivity index (χ4n) is 4.93. The minimum atomic E-state index is -0.107. The molecule has 0 N–H and O–H groups in total. The lowest BCUT2D eigenvalue weighted by molar-refractivity contribution is 0.183. The maximum Gasteiger partial charge on any atom is 0.119 e. The van der Waals surface area contributed by atoms with Gasteiger partial charge >= 0.3 is 0 Å². The van der Waals surface area contributed by atoms with Crippen LogP contribution in [0.15, 0.2) is 48.5 Å². The van der Waals surface area contributed by atoms with Crippen molar-refractivity contribution in [2.75, 3.05) is 6.61 Å². The van der Waals surface area contributed by atoms with Crippen LogP contribution in [0.4, 0.5) is 0 Å². The van der Waals surface area contributed by atoms with Crippen molar-refractivity contribution in [2.24, 2.45) is 11.3 Å². The minimum absolute atomic E-state index is 0.107. The highest BCUT2D eigenvalue weighted by molar-refractivity contribution is 5.64. The molecule has 0 spiro atoms. The van der Waals surface area contributed by atoms with Gasteiger partial charge in [0.2, 0.25) is 0 Å². The van der Waals surface area contributed by atoms with Crippen LogP contribution in [-0.4, -0.2) is 6.61 Å². The Kier molecular flexibility index (Phi) is 9.01. The third-order valence-electron chi connectivity index (χ3n) is 7.06. The van der Waals surface area contributed by atoms with E-state index in [9.17, 15) is 5.26 Å². The Morgan fingerprint density at radius 1 is 0.968 bits per heavy atom. The standard InChI is InChI=1S/C29H39NO/c1-3-5-6-7-21-31-28-16-14-27(15-17-28)26-12-10-25(11-13-26)18-20-29(23-30)19-8-9-24(4-2)22-29/h10-17,24H,3-9,18-22H2,1-2H3. The SMILES string of the molecule is CCCCCCOc1ccc(-c2ccc(CCC3(C#N)CCCC(CC)C3)cc2)cc1. The molecule has 0 amide bonds. The lowest BCUT2D eigenvalue weighted by atomic mass is 9.67. The molecule has 3 rings (SSSR count). The van der Waals surface area contributed by atoms with E-state index < -0.39 is 0 Å². The van der Waals surface area contributed by atoms with Crippen LogP contribution >= 0.6 is 0 Å². The van der Waals surface area contributed by atoms with Crippen molar-refractivity contribution in [3.05, 3.63) is 54.1 Å². The molecule has 0 bridgehead atoms. The Labute approximate surface area is 189 Å². The molecule has 0 saturated heterocycles. The molecule has 2 aromatic rings. The highest BCUT2D eigenvalue weighted by Gasteiger charge is 2.35. The number of nitriles is 1. The zero-order valence-electron chi connectivity index (χ0n) is 19.5. The van der Waals surface area contributed by atoms with Gasteiger partial charge in [-0.15, -0.1) is 0 Å². The second-order valence-corrected chi connectivity index (χ2v) is 9.39. The molecule has 2 aromatic carbocycles. The van der Waals surface area contributed by atoms with Gasteiger partial charge in [0.15, 0.2) is 0 Å². The summed E-state index contributed by atoms with van der Waals surface area (Å²) in [5.41, 5.74) is 3.68. The van der Waals surface area contributed by atoms with Gasteiger partial charge in [0.05, 0.1) is 18.1 Å². The van der Waals surface area contributed by atoms with E-state index in [1.165, 1.54) is 55.2 Å². The van der Waals surface area contributed by atoms with Crippen molar-refractivity contribution < 1.29 is 4.74 Å². The fraction of sp³-hybridized carbons (Fsp3) is 0.552. The lowest BCUT2D eigenvalue weighted by Crippen LogP contribution is -2.27. The first-order chi connectivity index (χ1) is 15.2. The van der Waals surface area contributed by atoms with E-state index in [2.05, 4.69) is 68.4 Å². The average Bonchev–Trinajstić information content (AvgIpc) is 2.83.